The Morgan fingerprint density at radius 3 is 2.25 bits per heavy atom. The van der Waals surface area contributed by atoms with E-state index >= 15 is 0 Å². The molecule has 0 aliphatic carbocycles. The van der Waals surface area contributed by atoms with E-state index in [-0.39, 0.29) is 28.0 Å². The first kappa shape index (κ1) is 16.6. The average molecular weight is 322 g/mol. The van der Waals surface area contributed by atoms with E-state index in [1.807, 2.05) is 0 Å². The van der Waals surface area contributed by atoms with Crippen molar-refractivity contribution in [2.75, 3.05) is 14.2 Å². The van der Waals surface area contributed by atoms with Gasteiger partial charge in [-0.15, -0.1) is 0 Å². The van der Waals surface area contributed by atoms with E-state index in [9.17, 15) is 13.2 Å². The number of amides is 1. The number of hydrogen-bond acceptors (Lipinski definition) is 5. The minimum Gasteiger partial charge on any atom is -0.493 e. The highest BCUT2D eigenvalue weighted by atomic mass is 35.7. The molecule has 0 aliphatic rings. The van der Waals surface area contributed by atoms with Crippen LogP contribution in [-0.2, 0) is 9.05 Å². The number of benzene rings is 1. The van der Waals surface area contributed by atoms with E-state index in [0.717, 1.165) is 6.07 Å². The lowest BCUT2D eigenvalue weighted by atomic mass is 10.1. The monoisotopic (exact) mass is 321 g/mol. The highest BCUT2D eigenvalue weighted by Crippen LogP contribution is 2.37. The largest absolute Gasteiger partial charge is 0.493 e. The fraction of sp³-hybridized carbons (Fsp3) is 0.417. The van der Waals surface area contributed by atoms with Crippen molar-refractivity contribution in [2.24, 2.45) is 0 Å². The van der Waals surface area contributed by atoms with Crippen LogP contribution in [0.1, 0.15) is 24.2 Å². The summed E-state index contributed by atoms with van der Waals surface area (Å²) in [6, 6.07) is 2.45. The first-order valence-corrected chi connectivity index (χ1v) is 8.03. The number of carbonyl (C=O) groups excluding carboxylic acids is 1. The van der Waals surface area contributed by atoms with Crippen LogP contribution in [0.5, 0.6) is 11.5 Å². The quantitative estimate of drug-likeness (QED) is 0.836. The Hall–Kier alpha value is -1.47. The topological polar surface area (TPSA) is 81.7 Å². The zero-order valence-electron chi connectivity index (χ0n) is 11.6. The minimum atomic E-state index is -4.08. The number of methoxy groups -OCH3 is 2. The summed E-state index contributed by atoms with van der Waals surface area (Å²) in [6.45, 7) is 3.58. The van der Waals surface area contributed by atoms with Gasteiger partial charge in [-0.3, -0.25) is 4.79 Å². The van der Waals surface area contributed by atoms with Crippen molar-refractivity contribution in [3.05, 3.63) is 17.7 Å². The Morgan fingerprint density at radius 1 is 1.25 bits per heavy atom. The molecular formula is C12H16ClNO5S. The SMILES string of the molecule is COc1cc(C(=O)NC(C)C)cc(S(=O)(=O)Cl)c1OC. The Kier molecular flexibility index (Phi) is 5.24. The number of rotatable bonds is 5. The first-order chi connectivity index (χ1) is 9.20. The van der Waals surface area contributed by atoms with Gasteiger partial charge in [0.05, 0.1) is 14.2 Å². The van der Waals surface area contributed by atoms with Crippen molar-refractivity contribution < 1.29 is 22.7 Å². The summed E-state index contributed by atoms with van der Waals surface area (Å²) in [4.78, 5) is 11.6. The average Bonchev–Trinajstić information content (AvgIpc) is 2.34. The molecule has 1 rings (SSSR count). The zero-order valence-corrected chi connectivity index (χ0v) is 13.1. The Bertz CT molecular complexity index is 613. The van der Waals surface area contributed by atoms with E-state index in [1.165, 1.54) is 20.3 Å². The number of nitrogens with one attached hydrogen (secondary N) is 1. The van der Waals surface area contributed by atoms with Gasteiger partial charge in [0.25, 0.3) is 15.0 Å². The van der Waals surface area contributed by atoms with Crippen molar-refractivity contribution in [3.63, 3.8) is 0 Å². The summed E-state index contributed by atoms with van der Waals surface area (Å²) in [7, 11) is 3.91. The molecule has 0 saturated carbocycles. The van der Waals surface area contributed by atoms with Crippen LogP contribution in [0.15, 0.2) is 17.0 Å². The lowest BCUT2D eigenvalue weighted by Crippen LogP contribution is -2.30. The van der Waals surface area contributed by atoms with Gasteiger partial charge in [0, 0.05) is 22.3 Å². The molecule has 1 aromatic carbocycles. The highest BCUT2D eigenvalue weighted by molar-refractivity contribution is 8.13. The summed E-state index contributed by atoms with van der Waals surface area (Å²) >= 11 is 0. The van der Waals surface area contributed by atoms with Crippen molar-refractivity contribution in [2.45, 2.75) is 24.8 Å². The van der Waals surface area contributed by atoms with Gasteiger partial charge >= 0.3 is 0 Å². The maximum Gasteiger partial charge on any atom is 0.265 e. The summed E-state index contributed by atoms with van der Waals surface area (Å²) < 4.78 is 33.2. The van der Waals surface area contributed by atoms with Gasteiger partial charge < -0.3 is 14.8 Å². The summed E-state index contributed by atoms with van der Waals surface area (Å²) in [5, 5.41) is 2.65. The van der Waals surface area contributed by atoms with Gasteiger partial charge in [0.15, 0.2) is 11.5 Å². The van der Waals surface area contributed by atoms with Gasteiger partial charge in [-0.1, -0.05) is 0 Å². The zero-order chi connectivity index (χ0) is 15.5. The van der Waals surface area contributed by atoms with Gasteiger partial charge in [0.1, 0.15) is 4.90 Å². The molecule has 0 aromatic heterocycles. The van der Waals surface area contributed by atoms with Crippen molar-refractivity contribution in [3.8, 4) is 11.5 Å². The third-order valence-electron chi connectivity index (χ3n) is 2.39. The van der Waals surface area contributed by atoms with Crippen molar-refractivity contribution >= 4 is 25.6 Å². The van der Waals surface area contributed by atoms with E-state index < -0.39 is 15.0 Å². The molecule has 1 N–H and O–H groups in total. The Morgan fingerprint density at radius 2 is 1.85 bits per heavy atom. The lowest BCUT2D eigenvalue weighted by Gasteiger charge is -2.14. The van der Waals surface area contributed by atoms with Gasteiger partial charge in [-0.05, 0) is 26.0 Å². The molecule has 0 heterocycles. The molecule has 0 spiro atoms. The molecule has 0 aliphatic heterocycles. The molecule has 0 bridgehead atoms. The predicted octanol–water partition coefficient (Wildman–Crippen LogP) is 1.77. The molecule has 1 amide bonds. The normalized spacial score (nSPS) is 11.3. The second kappa shape index (κ2) is 6.32. The molecule has 8 heteroatoms. The van der Waals surface area contributed by atoms with E-state index in [4.69, 9.17) is 20.2 Å². The lowest BCUT2D eigenvalue weighted by molar-refractivity contribution is 0.0942. The molecule has 0 radical (unpaired) electrons. The molecule has 1 aromatic rings. The molecular weight excluding hydrogens is 306 g/mol. The van der Waals surface area contributed by atoms with Crippen LogP contribution in [0.25, 0.3) is 0 Å². The fourth-order valence-corrected chi connectivity index (χ4v) is 2.60. The number of carbonyl (C=O) groups is 1. The Labute approximate surface area is 122 Å². The maximum absolute atomic E-state index is 12.0. The second-order valence-corrected chi connectivity index (χ2v) is 6.81. The molecule has 0 unspecified atom stereocenters. The van der Waals surface area contributed by atoms with Gasteiger partial charge in [-0.25, -0.2) is 8.42 Å². The van der Waals surface area contributed by atoms with Crippen LogP contribution in [0.3, 0.4) is 0 Å². The second-order valence-electron chi connectivity index (χ2n) is 4.28. The number of hydrogen-bond donors (Lipinski definition) is 1. The summed E-state index contributed by atoms with van der Waals surface area (Å²) in [6.07, 6.45) is 0. The molecule has 6 nitrogen and oxygen atoms in total. The van der Waals surface area contributed by atoms with E-state index in [1.54, 1.807) is 13.8 Å². The molecule has 0 fully saturated rings. The van der Waals surface area contributed by atoms with Crippen molar-refractivity contribution in [1.82, 2.24) is 5.32 Å². The minimum absolute atomic E-state index is 0.0383. The van der Waals surface area contributed by atoms with Crippen LogP contribution in [0.2, 0.25) is 0 Å². The van der Waals surface area contributed by atoms with Gasteiger partial charge in [0.2, 0.25) is 0 Å². The number of halogens is 1. The maximum atomic E-state index is 12.0. The predicted molar refractivity (Wildman–Crippen MR) is 75.2 cm³/mol. The summed E-state index contributed by atoms with van der Waals surface area (Å²) in [5.74, 6) is -0.353. The van der Waals surface area contributed by atoms with E-state index in [0.29, 0.717) is 0 Å². The van der Waals surface area contributed by atoms with Crippen LogP contribution in [0, 0.1) is 0 Å². The third kappa shape index (κ3) is 3.77. The molecule has 112 valence electrons. The molecule has 0 atom stereocenters. The van der Waals surface area contributed by atoms with Crippen LogP contribution < -0.4 is 14.8 Å². The van der Waals surface area contributed by atoms with Gasteiger partial charge in [-0.2, -0.15) is 0 Å². The van der Waals surface area contributed by atoms with Crippen LogP contribution >= 0.6 is 10.7 Å². The fourth-order valence-electron chi connectivity index (χ4n) is 1.59. The molecule has 0 saturated heterocycles. The van der Waals surface area contributed by atoms with Crippen LogP contribution in [-0.4, -0.2) is 34.6 Å². The summed E-state index contributed by atoms with van der Waals surface area (Å²) in [5.41, 5.74) is 0.121. The highest BCUT2D eigenvalue weighted by Gasteiger charge is 2.24. The van der Waals surface area contributed by atoms with Crippen LogP contribution in [0.4, 0.5) is 0 Å². The smallest absolute Gasteiger partial charge is 0.265 e. The first-order valence-electron chi connectivity index (χ1n) is 5.72. The standard InChI is InChI=1S/C12H16ClNO5S/c1-7(2)14-12(15)8-5-9(18-3)11(19-4)10(6-8)20(13,16)17/h5-7H,1-4H3,(H,14,15). The molecule has 20 heavy (non-hydrogen) atoms. The van der Waals surface area contributed by atoms with E-state index in [2.05, 4.69) is 5.32 Å². The van der Waals surface area contributed by atoms with Crippen molar-refractivity contribution in [1.29, 1.82) is 0 Å². The number of ether oxygens (including phenoxy) is 2. The Balaban J connectivity index is 3.47. The third-order valence-corrected chi connectivity index (χ3v) is 3.72.